The third-order valence-electron chi connectivity index (χ3n) is 0.442. The number of aliphatic hydroxyl groups excluding tert-OH is 1. The van der Waals surface area contributed by atoms with E-state index in [2.05, 4.69) is 8.83 Å². The molecule has 8 nitrogen and oxygen atoms in total. The zero-order valence-electron chi connectivity index (χ0n) is 5.10. The maximum atomic E-state index is 8.46. The summed E-state index contributed by atoms with van der Waals surface area (Å²) in [6, 6.07) is 0. The topological polar surface area (TPSA) is 140 Å². The van der Waals surface area contributed by atoms with Crippen molar-refractivity contribution in [2.45, 2.75) is 0 Å². The lowest BCUT2D eigenvalue weighted by atomic mass is 11.6. The molecule has 0 radical (unpaired) electrons. The van der Waals surface area contributed by atoms with Gasteiger partial charge in [-0.15, -0.1) is 4.52 Å². The molecule has 10 heteroatoms. The van der Waals surface area contributed by atoms with Crippen molar-refractivity contribution in [3.63, 3.8) is 0 Å². The Bertz CT molecular complexity index is 116. The van der Waals surface area contributed by atoms with Crippen LogP contribution >= 0.6 is 16.3 Å². The van der Waals surface area contributed by atoms with Crippen LogP contribution < -0.4 is 0 Å². The van der Waals surface area contributed by atoms with Gasteiger partial charge in [0.15, 0.2) is 6.79 Å². The number of rotatable bonds is 4. The first-order valence-electron chi connectivity index (χ1n) is 2.15. The molecule has 11 heavy (non-hydrogen) atoms. The summed E-state index contributed by atoms with van der Waals surface area (Å²) in [5.41, 5.74) is 0. The smallest absolute Gasteiger partial charge is 0.367 e. The molecule has 68 valence electrons. The molecule has 0 aliphatic heterocycles. The van der Waals surface area contributed by atoms with Gasteiger partial charge in [0.25, 0.3) is 0 Å². The molecule has 0 aliphatic rings. The second kappa shape index (κ2) is 3.97. The Hall–Kier alpha value is 0.540. The van der Waals surface area contributed by atoms with Crippen LogP contribution in [0.4, 0.5) is 0 Å². The molecule has 6 N–H and O–H groups in total. The van der Waals surface area contributed by atoms with Crippen molar-refractivity contribution in [2.24, 2.45) is 0 Å². The molecule has 0 saturated carbocycles. The third kappa shape index (κ3) is 6.92. The minimum Gasteiger partial charge on any atom is -0.367 e. The quantitative estimate of drug-likeness (QED) is 0.238. The van der Waals surface area contributed by atoms with E-state index in [1.807, 2.05) is 0 Å². The van der Waals surface area contributed by atoms with Crippen molar-refractivity contribution < 1.29 is 38.4 Å². The lowest BCUT2D eigenvalue weighted by molar-refractivity contribution is 0.0453. The highest BCUT2D eigenvalue weighted by atomic mass is 31.3. The molecule has 0 unspecified atom stereocenters. The molecule has 0 heterocycles. The highest BCUT2D eigenvalue weighted by Crippen LogP contribution is 2.66. The van der Waals surface area contributed by atoms with Gasteiger partial charge in [0.2, 0.25) is 0 Å². The van der Waals surface area contributed by atoms with Crippen LogP contribution in [-0.2, 0) is 8.83 Å². The Balaban J connectivity index is 3.91. The summed E-state index contributed by atoms with van der Waals surface area (Å²) in [4.78, 5) is 41.3. The fourth-order valence-electron chi connectivity index (χ4n) is 0.241. The molecule has 0 saturated heterocycles. The van der Waals surface area contributed by atoms with Gasteiger partial charge in [-0.05, 0) is 0 Å². The van der Waals surface area contributed by atoms with E-state index in [0.29, 0.717) is 0 Å². The summed E-state index contributed by atoms with van der Waals surface area (Å²) in [6.07, 6.45) is 0. The first kappa shape index (κ1) is 11.5. The molecule has 0 aromatic rings. The molecule has 0 aliphatic carbocycles. The fraction of sp³-hybridized carbons (Fsp3) is 1.00. The van der Waals surface area contributed by atoms with Crippen LogP contribution in [0, 0.1) is 0 Å². The van der Waals surface area contributed by atoms with Crippen molar-refractivity contribution >= 4 is 16.3 Å². The fourth-order valence-corrected chi connectivity index (χ4v) is 1.72. The monoisotopic (exact) mass is 210 g/mol. The molecule has 0 rings (SSSR count). The second-order valence-electron chi connectivity index (χ2n) is 1.34. The van der Waals surface area contributed by atoms with Crippen molar-refractivity contribution in [1.82, 2.24) is 0 Å². The summed E-state index contributed by atoms with van der Waals surface area (Å²) in [5, 5.41) is 7.97. The summed E-state index contributed by atoms with van der Waals surface area (Å²) >= 11 is 0. The average Bonchev–Trinajstić information content (AvgIpc) is 1.55. The van der Waals surface area contributed by atoms with E-state index in [9.17, 15) is 0 Å². The zero-order chi connectivity index (χ0) is 9.12. The number of aliphatic hydroxyl groups is 1. The van der Waals surface area contributed by atoms with E-state index in [1.54, 1.807) is 0 Å². The summed E-state index contributed by atoms with van der Waals surface area (Å²) in [6.45, 7) is -1.08. The highest BCUT2D eigenvalue weighted by Gasteiger charge is 2.58. The van der Waals surface area contributed by atoms with Gasteiger partial charge in [0.1, 0.15) is 0 Å². The predicted molar refractivity (Wildman–Crippen MR) is 34.2 cm³/mol. The van der Waals surface area contributed by atoms with Crippen LogP contribution in [0.5, 0.6) is 0 Å². The van der Waals surface area contributed by atoms with Crippen molar-refractivity contribution in [2.75, 3.05) is 6.79 Å². The second-order valence-corrected chi connectivity index (χ2v) is 4.26. The lowest BCUT2D eigenvalue weighted by Crippen LogP contribution is -2.03. The Morgan fingerprint density at radius 2 is 1.45 bits per heavy atom. The van der Waals surface area contributed by atoms with Crippen LogP contribution in [0.25, 0.3) is 0 Å². The molecular formula is CH8O8P2+2. The van der Waals surface area contributed by atoms with E-state index in [1.165, 1.54) is 0 Å². The molecule has 0 atom stereocenters. The zero-order valence-corrected chi connectivity index (χ0v) is 6.89. The predicted octanol–water partition coefficient (Wildman–Crippen LogP) is -1.71. The average molecular weight is 210 g/mol. The van der Waals surface area contributed by atoms with Gasteiger partial charge < -0.3 is 5.11 Å². The first-order chi connectivity index (χ1) is 4.77. The Morgan fingerprint density at radius 3 is 1.73 bits per heavy atom. The van der Waals surface area contributed by atoms with Crippen LogP contribution in [0.3, 0.4) is 0 Å². The van der Waals surface area contributed by atoms with Gasteiger partial charge in [-0.3, -0.25) is 0 Å². The normalized spacial score (nSPS) is 13.6. The SMILES string of the molecule is OCO[P+](O)(O)O[P+](O)(O)O. The largest absolute Gasteiger partial charge is 0.622 e. The van der Waals surface area contributed by atoms with E-state index in [0.717, 1.165) is 0 Å². The molecule has 0 fully saturated rings. The Kier molecular flexibility index (Phi) is 4.17. The molecule has 0 amide bonds. The maximum Gasteiger partial charge on any atom is 0.622 e. The summed E-state index contributed by atoms with van der Waals surface area (Å²) < 4.78 is 7.19. The number of hydrogen-bond donors (Lipinski definition) is 6. The van der Waals surface area contributed by atoms with Crippen LogP contribution in [0.2, 0.25) is 0 Å². The van der Waals surface area contributed by atoms with Gasteiger partial charge in [0.05, 0.1) is 4.31 Å². The summed E-state index contributed by atoms with van der Waals surface area (Å²) in [7, 11) is -9.27. The maximum absolute atomic E-state index is 8.46. The van der Waals surface area contributed by atoms with Gasteiger partial charge in [-0.1, -0.05) is 0 Å². The first-order valence-corrected chi connectivity index (χ1v) is 5.25. The van der Waals surface area contributed by atoms with Gasteiger partial charge in [-0.2, -0.15) is 24.5 Å². The van der Waals surface area contributed by atoms with Crippen LogP contribution in [0.1, 0.15) is 0 Å². The van der Waals surface area contributed by atoms with Gasteiger partial charge in [-0.25, -0.2) is 0 Å². The minimum absolute atomic E-state index is 1.08. The highest BCUT2D eigenvalue weighted by molar-refractivity contribution is 7.67. The van der Waals surface area contributed by atoms with E-state index in [4.69, 9.17) is 29.6 Å². The van der Waals surface area contributed by atoms with E-state index >= 15 is 0 Å². The third-order valence-corrected chi connectivity index (χ3v) is 2.62. The van der Waals surface area contributed by atoms with Crippen molar-refractivity contribution in [1.29, 1.82) is 0 Å². The molecule has 0 bridgehead atoms. The molecule has 0 spiro atoms. The van der Waals surface area contributed by atoms with Crippen LogP contribution in [0.15, 0.2) is 0 Å². The Morgan fingerprint density at radius 1 is 1.00 bits per heavy atom. The van der Waals surface area contributed by atoms with E-state index in [-0.39, 0.29) is 0 Å². The Labute approximate surface area is 62.6 Å². The standard InChI is InChI=1S/CH8O8P2/c2-1-8-11(6,7)9-10(3,4)5/h2-7H,1H2/q+2. The number of hydrogen-bond acceptors (Lipinski definition) is 8. The van der Waals surface area contributed by atoms with Crippen molar-refractivity contribution in [3.05, 3.63) is 0 Å². The molecule has 0 aromatic carbocycles. The lowest BCUT2D eigenvalue weighted by Gasteiger charge is -2.04. The van der Waals surface area contributed by atoms with Gasteiger partial charge >= 0.3 is 16.3 Å². The van der Waals surface area contributed by atoms with Crippen LogP contribution in [-0.4, -0.2) is 36.4 Å². The van der Waals surface area contributed by atoms with Gasteiger partial charge in [0, 0.05) is 0 Å². The molecule has 0 aromatic heterocycles. The summed E-state index contributed by atoms with van der Waals surface area (Å²) in [5.74, 6) is 0. The molecular weight excluding hydrogens is 202 g/mol. The van der Waals surface area contributed by atoms with Crippen molar-refractivity contribution in [3.8, 4) is 0 Å². The van der Waals surface area contributed by atoms with E-state index < -0.39 is 23.1 Å². The minimum atomic E-state index is -4.75.